The normalized spacial score (nSPS) is 14.5. The summed E-state index contributed by atoms with van der Waals surface area (Å²) in [5, 5.41) is 7.50. The van der Waals surface area contributed by atoms with E-state index in [0.717, 1.165) is 57.5 Å². The van der Waals surface area contributed by atoms with Crippen LogP contribution in [0.15, 0.2) is 132 Å². The molecule has 272 valence electrons. The number of anilines is 3. The van der Waals surface area contributed by atoms with Gasteiger partial charge in [0, 0.05) is 11.3 Å². The fourth-order valence-electron chi connectivity index (χ4n) is 6.97. The number of guanidine groups is 1. The lowest BCUT2D eigenvalue weighted by atomic mass is 9.95. The molecule has 1 aromatic heterocycles. The number of carbonyl (C=O) groups is 1. The fraction of sp³-hybridized carbons (Fsp3) is 0.167. The second-order valence-corrected chi connectivity index (χ2v) is 12.9. The van der Waals surface area contributed by atoms with Crippen molar-refractivity contribution in [2.45, 2.75) is 32.6 Å². The quantitative estimate of drug-likeness (QED) is 0.152. The lowest BCUT2D eigenvalue weighted by Crippen LogP contribution is -2.42. The molecule has 0 spiro atoms. The summed E-state index contributed by atoms with van der Waals surface area (Å²) >= 11 is 0. The number of nitrogens with zero attached hydrogens (tertiary/aromatic N) is 5. The Kier molecular flexibility index (Phi) is 9.02. The van der Waals surface area contributed by atoms with Gasteiger partial charge >= 0.3 is 6.18 Å². The second kappa shape index (κ2) is 14.1. The first-order chi connectivity index (χ1) is 26.2. The van der Waals surface area contributed by atoms with Gasteiger partial charge in [0.2, 0.25) is 5.96 Å². The van der Waals surface area contributed by atoms with Gasteiger partial charge in [-0.1, -0.05) is 72.8 Å². The standard InChI is InChI=1S/C42H35F3N6O3/c1-3-53-36-23-29(21-22-35(36)54-26-37(52)46-31-16-12-15-30(24-31)42(43,44)45)39-38-27(2)48-51(32-17-8-5-9-18-32)40(38)47-41-49(25-28-13-6-4-7-14-28)33-19-10-11-20-34(33)50(39)41/h4-24,39H,3,25-26H2,1-2H3,(H,46,52)/t39-/m1/s1. The number of amides is 1. The Morgan fingerprint density at radius 2 is 1.54 bits per heavy atom. The number of hydrogen-bond acceptors (Lipinski definition) is 7. The molecule has 8 rings (SSSR count). The topological polar surface area (TPSA) is 84.2 Å². The zero-order valence-corrected chi connectivity index (χ0v) is 29.4. The minimum absolute atomic E-state index is 0.0167. The van der Waals surface area contributed by atoms with Gasteiger partial charge in [0.1, 0.15) is 0 Å². The van der Waals surface area contributed by atoms with Crippen molar-refractivity contribution >= 4 is 34.7 Å². The minimum Gasteiger partial charge on any atom is -0.490 e. The van der Waals surface area contributed by atoms with Crippen LogP contribution in [0.5, 0.6) is 11.5 Å². The highest BCUT2D eigenvalue weighted by molar-refractivity contribution is 6.18. The number of aromatic nitrogens is 2. The Morgan fingerprint density at radius 1 is 0.815 bits per heavy atom. The van der Waals surface area contributed by atoms with E-state index >= 15 is 0 Å². The minimum atomic E-state index is -4.53. The lowest BCUT2D eigenvalue weighted by molar-refractivity contribution is -0.137. The van der Waals surface area contributed by atoms with E-state index in [1.165, 1.54) is 12.1 Å². The molecule has 9 nitrogen and oxygen atoms in total. The van der Waals surface area contributed by atoms with Gasteiger partial charge in [-0.15, -0.1) is 0 Å². The Hall–Kier alpha value is -6.56. The summed E-state index contributed by atoms with van der Waals surface area (Å²) in [6.07, 6.45) is -4.53. The van der Waals surface area contributed by atoms with E-state index < -0.39 is 24.3 Å². The number of nitrogens with one attached hydrogen (secondary N) is 1. The maximum absolute atomic E-state index is 13.2. The van der Waals surface area contributed by atoms with Crippen molar-refractivity contribution in [2.24, 2.45) is 4.99 Å². The number of aliphatic imine (C=N–C) groups is 1. The predicted molar refractivity (Wildman–Crippen MR) is 202 cm³/mol. The molecule has 0 aliphatic carbocycles. The van der Waals surface area contributed by atoms with Crippen molar-refractivity contribution in [1.82, 2.24) is 9.78 Å². The van der Waals surface area contributed by atoms with E-state index in [9.17, 15) is 18.0 Å². The van der Waals surface area contributed by atoms with E-state index in [2.05, 4.69) is 39.4 Å². The van der Waals surface area contributed by atoms with Crippen LogP contribution in [-0.4, -0.2) is 34.9 Å². The molecule has 0 radical (unpaired) electrons. The monoisotopic (exact) mass is 728 g/mol. The zero-order valence-electron chi connectivity index (χ0n) is 29.4. The highest BCUT2D eigenvalue weighted by Crippen LogP contribution is 2.51. The average molecular weight is 729 g/mol. The lowest BCUT2D eigenvalue weighted by Gasteiger charge is -2.35. The second-order valence-electron chi connectivity index (χ2n) is 12.9. The first kappa shape index (κ1) is 34.5. The largest absolute Gasteiger partial charge is 0.490 e. The van der Waals surface area contributed by atoms with Crippen LogP contribution in [0, 0.1) is 6.92 Å². The molecule has 0 unspecified atom stereocenters. The number of halogens is 3. The summed E-state index contributed by atoms with van der Waals surface area (Å²) in [6.45, 7) is 4.30. The van der Waals surface area contributed by atoms with Crippen LogP contribution < -0.4 is 24.6 Å². The number of para-hydroxylation sites is 3. The molecule has 1 atom stereocenters. The molecule has 3 heterocycles. The van der Waals surface area contributed by atoms with Gasteiger partial charge in [-0.25, -0.2) is 4.68 Å². The Balaban J connectivity index is 1.18. The SMILES string of the molecule is CCOc1cc([C@@H]2c3c(C)nn(-c4ccccc4)c3N=C3N(Cc4ccccc4)c4ccccc4N32)ccc1OCC(=O)Nc1cccc(C(F)(F)F)c1. The van der Waals surface area contributed by atoms with E-state index in [4.69, 9.17) is 19.6 Å². The molecule has 0 bridgehead atoms. The molecule has 6 aromatic rings. The van der Waals surface area contributed by atoms with Crippen LogP contribution in [0.2, 0.25) is 0 Å². The number of ether oxygens (including phenoxy) is 2. The van der Waals surface area contributed by atoms with Gasteiger partial charge in [-0.2, -0.15) is 23.3 Å². The molecule has 5 aromatic carbocycles. The molecule has 1 amide bonds. The molecule has 2 aliphatic rings. The van der Waals surface area contributed by atoms with Crippen LogP contribution in [0.1, 0.15) is 40.9 Å². The molecular weight excluding hydrogens is 693 g/mol. The Labute approximate surface area is 309 Å². The van der Waals surface area contributed by atoms with Crippen LogP contribution in [0.3, 0.4) is 0 Å². The van der Waals surface area contributed by atoms with Crippen molar-refractivity contribution in [3.05, 3.63) is 155 Å². The van der Waals surface area contributed by atoms with Crippen LogP contribution >= 0.6 is 0 Å². The van der Waals surface area contributed by atoms with Gasteiger partial charge in [0.25, 0.3) is 5.91 Å². The summed E-state index contributed by atoms with van der Waals surface area (Å²) in [5.41, 5.74) is 5.78. The molecule has 2 aliphatic heterocycles. The summed E-state index contributed by atoms with van der Waals surface area (Å²) in [5.74, 6) is 1.57. The number of rotatable bonds is 10. The molecule has 0 saturated carbocycles. The molecular formula is C42H35F3N6O3. The maximum atomic E-state index is 13.2. The number of benzene rings is 5. The van der Waals surface area contributed by atoms with Crippen LogP contribution in [-0.2, 0) is 17.5 Å². The van der Waals surface area contributed by atoms with E-state index in [0.29, 0.717) is 30.5 Å². The van der Waals surface area contributed by atoms with Crippen molar-refractivity contribution in [1.29, 1.82) is 0 Å². The average Bonchev–Trinajstić information content (AvgIpc) is 3.68. The third-order valence-electron chi connectivity index (χ3n) is 9.31. The highest BCUT2D eigenvalue weighted by Gasteiger charge is 2.44. The smallest absolute Gasteiger partial charge is 0.416 e. The van der Waals surface area contributed by atoms with Crippen molar-refractivity contribution < 1.29 is 27.4 Å². The predicted octanol–water partition coefficient (Wildman–Crippen LogP) is 9.23. The van der Waals surface area contributed by atoms with Crippen molar-refractivity contribution in [3.8, 4) is 17.2 Å². The van der Waals surface area contributed by atoms with E-state index in [1.54, 1.807) is 6.07 Å². The van der Waals surface area contributed by atoms with Gasteiger partial charge < -0.3 is 19.7 Å². The maximum Gasteiger partial charge on any atom is 0.416 e. The zero-order chi connectivity index (χ0) is 37.4. The molecule has 54 heavy (non-hydrogen) atoms. The third kappa shape index (κ3) is 6.51. The number of fused-ring (bicyclic) bond motifs is 4. The Morgan fingerprint density at radius 3 is 2.28 bits per heavy atom. The molecule has 0 saturated heterocycles. The first-order valence-corrected chi connectivity index (χ1v) is 17.5. The number of hydrogen-bond donors (Lipinski definition) is 1. The van der Waals surface area contributed by atoms with E-state index in [-0.39, 0.29) is 11.7 Å². The Bertz CT molecular complexity index is 2360. The highest BCUT2D eigenvalue weighted by atomic mass is 19.4. The summed E-state index contributed by atoms with van der Waals surface area (Å²) < 4.78 is 53.6. The van der Waals surface area contributed by atoms with Gasteiger partial charge in [0.05, 0.1) is 47.5 Å². The fourth-order valence-corrected chi connectivity index (χ4v) is 6.97. The molecule has 1 N–H and O–H groups in total. The number of alkyl halides is 3. The number of aryl methyl sites for hydroxylation is 1. The van der Waals surface area contributed by atoms with Crippen molar-refractivity contribution in [2.75, 3.05) is 28.3 Å². The third-order valence-corrected chi connectivity index (χ3v) is 9.31. The van der Waals surface area contributed by atoms with E-state index in [1.807, 2.05) is 91.3 Å². The molecule has 12 heteroatoms. The first-order valence-electron chi connectivity index (χ1n) is 17.5. The molecule has 0 fully saturated rings. The van der Waals surface area contributed by atoms with Gasteiger partial charge in [-0.3, -0.25) is 9.69 Å². The summed E-state index contributed by atoms with van der Waals surface area (Å²) in [6, 6.07) is 38.1. The van der Waals surface area contributed by atoms with Crippen LogP contribution in [0.4, 0.5) is 36.1 Å². The van der Waals surface area contributed by atoms with Gasteiger partial charge in [-0.05, 0) is 79.6 Å². The summed E-state index contributed by atoms with van der Waals surface area (Å²) in [4.78, 5) is 22.7. The van der Waals surface area contributed by atoms with Crippen LogP contribution in [0.25, 0.3) is 5.69 Å². The summed E-state index contributed by atoms with van der Waals surface area (Å²) in [7, 11) is 0. The van der Waals surface area contributed by atoms with Crippen molar-refractivity contribution in [3.63, 3.8) is 0 Å². The van der Waals surface area contributed by atoms with Gasteiger partial charge in [0.15, 0.2) is 23.9 Å². The number of carbonyl (C=O) groups excluding carboxylic acids is 1.